The number of nitrogens with one attached hydrogen (secondary N) is 1. The molecular weight excluding hydrogens is 414 g/mol. The lowest BCUT2D eigenvalue weighted by molar-refractivity contribution is -0.120. The lowest BCUT2D eigenvalue weighted by atomic mass is 10.1. The van der Waals surface area contributed by atoms with E-state index in [-0.39, 0.29) is 17.2 Å². The van der Waals surface area contributed by atoms with Crippen molar-refractivity contribution in [2.45, 2.75) is 37.1 Å². The predicted molar refractivity (Wildman–Crippen MR) is 116 cm³/mol. The van der Waals surface area contributed by atoms with Gasteiger partial charge in [-0.05, 0) is 42.7 Å². The molecule has 0 saturated carbocycles. The molecule has 1 fully saturated rings. The number of hydrogen-bond acceptors (Lipinski definition) is 5. The summed E-state index contributed by atoms with van der Waals surface area (Å²) < 4.78 is 28.7. The number of aromatic nitrogens is 3. The van der Waals surface area contributed by atoms with Crippen LogP contribution in [0.25, 0.3) is 5.82 Å². The Morgan fingerprint density at radius 2 is 1.77 bits per heavy atom. The van der Waals surface area contributed by atoms with Crippen LogP contribution in [0, 0.1) is 0 Å². The number of carbonyl (C=O) groups is 1. The van der Waals surface area contributed by atoms with E-state index in [1.165, 1.54) is 0 Å². The quantitative estimate of drug-likeness (QED) is 0.609. The molecule has 1 aliphatic rings. The van der Waals surface area contributed by atoms with Crippen molar-refractivity contribution in [3.05, 3.63) is 72.2 Å². The minimum atomic E-state index is -3.46. The van der Waals surface area contributed by atoms with Crippen molar-refractivity contribution < 1.29 is 13.2 Å². The number of amides is 1. The van der Waals surface area contributed by atoms with Crippen LogP contribution >= 0.6 is 0 Å². The summed E-state index contributed by atoms with van der Waals surface area (Å²) >= 11 is 0. The Kier molecular flexibility index (Phi) is 6.43. The Hall–Kier alpha value is -3.04. The van der Waals surface area contributed by atoms with Gasteiger partial charge in [0, 0.05) is 43.8 Å². The molecule has 9 heteroatoms. The molecule has 0 bridgehead atoms. The average Bonchev–Trinajstić information content (AvgIpc) is 3.34. The minimum Gasteiger partial charge on any atom is -0.352 e. The summed E-state index contributed by atoms with van der Waals surface area (Å²) in [6.07, 6.45) is 8.19. The maximum Gasteiger partial charge on any atom is 0.243 e. The second kappa shape index (κ2) is 9.40. The minimum absolute atomic E-state index is 0.151. The summed E-state index contributed by atoms with van der Waals surface area (Å²) in [4.78, 5) is 17.1. The van der Waals surface area contributed by atoms with Gasteiger partial charge in [-0.1, -0.05) is 24.6 Å². The molecule has 3 aromatic rings. The predicted octanol–water partition coefficient (Wildman–Crippen LogP) is 2.30. The molecule has 1 aliphatic heterocycles. The fraction of sp³-hybridized carbons (Fsp3) is 0.318. The first-order valence-corrected chi connectivity index (χ1v) is 11.8. The smallest absolute Gasteiger partial charge is 0.243 e. The molecule has 2 aromatic heterocycles. The van der Waals surface area contributed by atoms with E-state index >= 15 is 0 Å². The molecule has 4 rings (SSSR count). The number of hydrogen-bond donors (Lipinski definition) is 1. The maximum atomic E-state index is 12.7. The lowest BCUT2D eigenvalue weighted by Gasteiger charge is -2.25. The zero-order valence-electron chi connectivity index (χ0n) is 17.1. The zero-order chi connectivity index (χ0) is 21.7. The van der Waals surface area contributed by atoms with Crippen molar-refractivity contribution in [1.29, 1.82) is 0 Å². The molecule has 1 amide bonds. The second-order valence-electron chi connectivity index (χ2n) is 7.50. The highest BCUT2D eigenvalue weighted by Gasteiger charge is 2.25. The number of carbonyl (C=O) groups excluding carboxylic acids is 1. The average molecular weight is 440 g/mol. The van der Waals surface area contributed by atoms with Crippen LogP contribution in [0.4, 0.5) is 0 Å². The zero-order valence-corrected chi connectivity index (χ0v) is 18.0. The van der Waals surface area contributed by atoms with Crippen molar-refractivity contribution in [3.63, 3.8) is 0 Å². The van der Waals surface area contributed by atoms with Gasteiger partial charge in [-0.2, -0.15) is 9.40 Å². The summed E-state index contributed by atoms with van der Waals surface area (Å²) in [5, 5.41) is 7.09. The topological polar surface area (TPSA) is 97.2 Å². The molecule has 1 N–H and O–H groups in total. The summed E-state index contributed by atoms with van der Waals surface area (Å²) in [5.41, 5.74) is 1.61. The van der Waals surface area contributed by atoms with Crippen molar-refractivity contribution in [1.82, 2.24) is 24.4 Å². The van der Waals surface area contributed by atoms with E-state index in [2.05, 4.69) is 15.4 Å². The van der Waals surface area contributed by atoms with Gasteiger partial charge in [0.2, 0.25) is 15.9 Å². The third kappa shape index (κ3) is 5.00. The fourth-order valence-corrected chi connectivity index (χ4v) is 5.16. The second-order valence-corrected chi connectivity index (χ2v) is 9.44. The normalized spacial score (nSPS) is 15.0. The molecule has 0 unspecified atom stereocenters. The van der Waals surface area contributed by atoms with E-state index in [4.69, 9.17) is 0 Å². The van der Waals surface area contributed by atoms with Gasteiger partial charge in [0.25, 0.3) is 0 Å². The van der Waals surface area contributed by atoms with Crippen LogP contribution in [0.2, 0.25) is 0 Å². The number of rotatable bonds is 7. The van der Waals surface area contributed by atoms with Crippen LogP contribution in [0.15, 0.2) is 66.0 Å². The highest BCUT2D eigenvalue weighted by atomic mass is 32.2. The fourth-order valence-electron chi connectivity index (χ4n) is 3.64. The molecule has 8 nitrogen and oxygen atoms in total. The van der Waals surface area contributed by atoms with Gasteiger partial charge >= 0.3 is 0 Å². The molecule has 0 aliphatic carbocycles. The third-order valence-electron chi connectivity index (χ3n) is 5.31. The highest BCUT2D eigenvalue weighted by Crippen LogP contribution is 2.21. The molecule has 162 valence electrons. The Labute approximate surface area is 182 Å². The first-order valence-electron chi connectivity index (χ1n) is 10.3. The highest BCUT2D eigenvalue weighted by molar-refractivity contribution is 7.89. The largest absolute Gasteiger partial charge is 0.352 e. The van der Waals surface area contributed by atoms with Crippen molar-refractivity contribution in [3.8, 4) is 5.82 Å². The van der Waals surface area contributed by atoms with Crippen LogP contribution < -0.4 is 5.32 Å². The monoisotopic (exact) mass is 439 g/mol. The van der Waals surface area contributed by atoms with Crippen LogP contribution in [-0.4, -0.2) is 46.5 Å². The van der Waals surface area contributed by atoms with E-state index in [1.54, 1.807) is 51.8 Å². The van der Waals surface area contributed by atoms with Gasteiger partial charge in [0.15, 0.2) is 5.82 Å². The maximum absolute atomic E-state index is 12.7. The Morgan fingerprint density at radius 1 is 1.00 bits per heavy atom. The Morgan fingerprint density at radius 3 is 2.48 bits per heavy atom. The molecule has 31 heavy (non-hydrogen) atoms. The number of nitrogens with zero attached hydrogens (tertiary/aromatic N) is 4. The van der Waals surface area contributed by atoms with E-state index in [0.29, 0.717) is 25.5 Å². The standard InChI is InChI=1S/C22H25N5O3S/c28-21(24-17-19-6-4-11-23-22(19)27-15-5-12-25-27)16-18-7-9-20(10-8-18)31(29,30)26-13-2-1-3-14-26/h4-12,15H,1-3,13-14,16-17H2,(H,24,28). The first kappa shape index (κ1) is 21.2. The van der Waals surface area contributed by atoms with Crippen LogP contribution in [0.5, 0.6) is 0 Å². The van der Waals surface area contributed by atoms with Crippen LogP contribution in [0.3, 0.4) is 0 Å². The third-order valence-corrected chi connectivity index (χ3v) is 7.22. The van der Waals surface area contributed by atoms with Crippen molar-refractivity contribution >= 4 is 15.9 Å². The molecule has 0 spiro atoms. The van der Waals surface area contributed by atoms with E-state index in [9.17, 15) is 13.2 Å². The van der Waals surface area contributed by atoms with Gasteiger partial charge in [0.05, 0.1) is 11.3 Å². The molecule has 3 heterocycles. The molecule has 1 saturated heterocycles. The van der Waals surface area contributed by atoms with Crippen molar-refractivity contribution in [2.75, 3.05) is 13.1 Å². The summed E-state index contributed by atoms with van der Waals surface area (Å²) in [5.74, 6) is 0.516. The first-order chi connectivity index (χ1) is 15.0. The molecular formula is C22H25N5O3S. The Balaban J connectivity index is 1.37. The number of pyridine rings is 1. The van der Waals surface area contributed by atoms with Gasteiger partial charge in [-0.25, -0.2) is 18.1 Å². The number of benzene rings is 1. The lowest BCUT2D eigenvalue weighted by Crippen LogP contribution is -2.35. The number of sulfonamides is 1. The van der Waals surface area contributed by atoms with E-state index < -0.39 is 10.0 Å². The van der Waals surface area contributed by atoms with Gasteiger partial charge in [-0.15, -0.1) is 0 Å². The SMILES string of the molecule is O=C(Cc1ccc(S(=O)(=O)N2CCCCC2)cc1)NCc1cccnc1-n1cccn1. The summed E-state index contributed by atoms with van der Waals surface area (Å²) in [7, 11) is -3.46. The Bertz CT molecular complexity index is 1120. The van der Waals surface area contributed by atoms with Crippen LogP contribution in [-0.2, 0) is 27.8 Å². The summed E-state index contributed by atoms with van der Waals surface area (Å²) in [6.45, 7) is 1.46. The molecule has 0 radical (unpaired) electrons. The van der Waals surface area contributed by atoms with Crippen LogP contribution in [0.1, 0.15) is 30.4 Å². The van der Waals surface area contributed by atoms with Crippen molar-refractivity contribution in [2.24, 2.45) is 0 Å². The van der Waals surface area contributed by atoms with E-state index in [0.717, 1.165) is 30.4 Å². The van der Waals surface area contributed by atoms with Gasteiger partial charge in [0.1, 0.15) is 0 Å². The molecule has 1 aromatic carbocycles. The molecule has 0 atom stereocenters. The number of piperidine rings is 1. The van der Waals surface area contributed by atoms with Gasteiger partial charge < -0.3 is 5.32 Å². The van der Waals surface area contributed by atoms with E-state index in [1.807, 2.05) is 18.2 Å². The summed E-state index contributed by atoms with van der Waals surface area (Å²) in [6, 6.07) is 12.1. The van der Waals surface area contributed by atoms with Gasteiger partial charge in [-0.3, -0.25) is 4.79 Å².